The summed E-state index contributed by atoms with van der Waals surface area (Å²) in [5.74, 6) is -4.09. The molecule has 0 aliphatic carbocycles. The van der Waals surface area contributed by atoms with Crippen molar-refractivity contribution in [1.82, 2.24) is 20.2 Å². The maximum absolute atomic E-state index is 16.8. The number of nitrogens with zero attached hydrogens (tertiary/aromatic N) is 4. The molecule has 0 amide bonds. The van der Waals surface area contributed by atoms with Gasteiger partial charge in [-0.25, -0.2) is 17.6 Å². The smallest absolute Gasteiger partial charge is 0.319 e. The van der Waals surface area contributed by atoms with Crippen LogP contribution >= 0.6 is 11.6 Å². The number of nitrogens with one attached hydrogen (secondary N) is 1. The average molecular weight is 642 g/mol. The molecule has 8 rings (SSSR count). The first-order valence-corrected chi connectivity index (χ1v) is 15.8. The van der Waals surface area contributed by atoms with Gasteiger partial charge in [0.05, 0.1) is 16.5 Å². The van der Waals surface area contributed by atoms with Gasteiger partial charge in [0.25, 0.3) is 0 Å². The zero-order chi connectivity index (χ0) is 31.2. The van der Waals surface area contributed by atoms with E-state index in [1.807, 2.05) is 4.90 Å². The van der Waals surface area contributed by atoms with Gasteiger partial charge in [0.2, 0.25) is 0 Å². The number of fused-ring (bicyclic) bond motifs is 5. The lowest BCUT2D eigenvalue weighted by atomic mass is 9.95. The molecule has 4 fully saturated rings. The van der Waals surface area contributed by atoms with Crippen molar-refractivity contribution < 1.29 is 27.4 Å². The number of piperazine rings is 1. The van der Waals surface area contributed by atoms with Gasteiger partial charge >= 0.3 is 6.01 Å². The van der Waals surface area contributed by atoms with Crippen molar-refractivity contribution in [2.24, 2.45) is 0 Å². The lowest BCUT2D eigenvalue weighted by molar-refractivity contribution is 0.107. The Kier molecular flexibility index (Phi) is 6.64. The minimum absolute atomic E-state index is 0.0471. The number of rotatable bonds is 5. The maximum atomic E-state index is 16.8. The molecule has 12 heteroatoms. The van der Waals surface area contributed by atoms with Crippen molar-refractivity contribution in [3.8, 4) is 22.9 Å². The summed E-state index contributed by atoms with van der Waals surface area (Å²) in [7, 11) is 0. The average Bonchev–Trinajstić information content (AvgIpc) is 3.62. The second-order valence-corrected chi connectivity index (χ2v) is 13.8. The third kappa shape index (κ3) is 4.60. The van der Waals surface area contributed by atoms with Gasteiger partial charge in [0.15, 0.2) is 17.5 Å². The molecule has 1 aromatic heterocycles. The van der Waals surface area contributed by atoms with Crippen LogP contribution in [0.1, 0.15) is 39.0 Å². The Morgan fingerprint density at radius 3 is 2.76 bits per heavy atom. The van der Waals surface area contributed by atoms with Crippen LogP contribution in [0.2, 0.25) is 5.02 Å². The van der Waals surface area contributed by atoms with Crippen molar-refractivity contribution in [2.75, 3.05) is 37.7 Å². The first-order chi connectivity index (χ1) is 21.5. The summed E-state index contributed by atoms with van der Waals surface area (Å²) in [6.45, 7) is 4.14. The van der Waals surface area contributed by atoms with Crippen LogP contribution < -0.4 is 15.0 Å². The molecule has 1 unspecified atom stereocenters. The van der Waals surface area contributed by atoms with Crippen molar-refractivity contribution in [3.63, 3.8) is 0 Å². The molecule has 4 saturated heterocycles. The molecular weight excluding hydrogens is 610 g/mol. The molecule has 0 radical (unpaired) electrons. The van der Waals surface area contributed by atoms with E-state index >= 15 is 13.2 Å². The molecule has 4 aliphatic rings. The van der Waals surface area contributed by atoms with Gasteiger partial charge in [-0.15, -0.1) is 0 Å². The molecule has 0 spiro atoms. The monoisotopic (exact) mass is 641 g/mol. The van der Waals surface area contributed by atoms with E-state index in [0.29, 0.717) is 31.4 Å². The highest BCUT2D eigenvalue weighted by Crippen LogP contribution is 2.45. The standard InChI is InChI=1S/C33H32ClF4N5O2/c1-32-8-6-19(41-32)14-42(15-32)30-25-27(37)26(36)24(21-11-20(44)10-17-4-2-5-22(34)23(17)21)28(38)29(25)39-31(40-30)45-16-33-7-3-9-43(33)13-18(35)12-33/h2,4-5,10-11,18-19,41,44H,3,6-9,12-16H2,1H3/t18-,19?,32+,33+/m1/s1. The van der Waals surface area contributed by atoms with Crippen molar-refractivity contribution in [3.05, 3.63) is 52.8 Å². The van der Waals surface area contributed by atoms with E-state index in [1.165, 1.54) is 6.07 Å². The number of alkyl halides is 1. The highest BCUT2D eigenvalue weighted by molar-refractivity contribution is 6.36. The fourth-order valence-corrected chi connectivity index (χ4v) is 8.55. The fourth-order valence-electron chi connectivity index (χ4n) is 8.27. The maximum Gasteiger partial charge on any atom is 0.319 e. The van der Waals surface area contributed by atoms with Crippen molar-refractivity contribution in [1.29, 1.82) is 0 Å². The van der Waals surface area contributed by atoms with Crippen LogP contribution in [0, 0.1) is 17.5 Å². The number of hydrogen-bond acceptors (Lipinski definition) is 7. The normalized spacial score (nSPS) is 28.0. The van der Waals surface area contributed by atoms with Crippen LogP contribution in [0.3, 0.4) is 0 Å². The number of ether oxygens (including phenoxy) is 1. The van der Waals surface area contributed by atoms with Gasteiger partial charge in [-0.1, -0.05) is 23.7 Å². The van der Waals surface area contributed by atoms with Gasteiger partial charge in [-0.2, -0.15) is 9.97 Å². The molecule has 45 heavy (non-hydrogen) atoms. The van der Waals surface area contributed by atoms with Crippen LogP contribution in [0.15, 0.2) is 30.3 Å². The molecule has 4 aromatic rings. The second-order valence-electron chi connectivity index (χ2n) is 13.4. The molecule has 2 N–H and O–H groups in total. The first-order valence-electron chi connectivity index (χ1n) is 15.4. The third-order valence-electron chi connectivity index (χ3n) is 10.2. The van der Waals surface area contributed by atoms with E-state index in [1.54, 1.807) is 18.2 Å². The van der Waals surface area contributed by atoms with E-state index in [4.69, 9.17) is 16.3 Å². The minimum atomic E-state index is -1.44. The lowest BCUT2D eigenvalue weighted by Crippen LogP contribution is -2.58. The van der Waals surface area contributed by atoms with Crippen LogP contribution in [-0.4, -0.2) is 76.1 Å². The zero-order valence-electron chi connectivity index (χ0n) is 24.6. The number of aromatic hydroxyl groups is 1. The molecule has 4 aliphatic heterocycles. The van der Waals surface area contributed by atoms with E-state index < -0.39 is 40.2 Å². The summed E-state index contributed by atoms with van der Waals surface area (Å²) in [5, 5.41) is 14.5. The number of hydrogen-bond donors (Lipinski definition) is 2. The topological polar surface area (TPSA) is 73.8 Å². The van der Waals surface area contributed by atoms with Crippen molar-refractivity contribution >= 4 is 39.1 Å². The van der Waals surface area contributed by atoms with Gasteiger partial charge < -0.3 is 20.1 Å². The van der Waals surface area contributed by atoms with Gasteiger partial charge in [-0.05, 0) is 62.7 Å². The van der Waals surface area contributed by atoms with E-state index in [2.05, 4.69) is 27.1 Å². The number of aromatic nitrogens is 2. The largest absolute Gasteiger partial charge is 0.508 e. The Morgan fingerprint density at radius 2 is 1.93 bits per heavy atom. The zero-order valence-corrected chi connectivity index (χ0v) is 25.4. The Hall–Kier alpha value is -3.41. The second kappa shape index (κ2) is 10.3. The Balaban J connectivity index is 1.32. The van der Waals surface area contributed by atoms with Gasteiger partial charge in [-0.3, -0.25) is 4.90 Å². The summed E-state index contributed by atoms with van der Waals surface area (Å²) in [6, 6.07) is 7.33. The molecule has 7 nitrogen and oxygen atoms in total. The predicted octanol–water partition coefficient (Wildman–Crippen LogP) is 6.51. The van der Waals surface area contributed by atoms with E-state index in [9.17, 15) is 9.50 Å². The van der Waals surface area contributed by atoms with Crippen molar-refractivity contribution in [2.45, 2.75) is 62.3 Å². The molecule has 3 aromatic carbocycles. The van der Waals surface area contributed by atoms with Gasteiger partial charge in [0, 0.05) is 53.6 Å². The number of halogens is 5. The summed E-state index contributed by atoms with van der Waals surface area (Å²) in [6.07, 6.45) is 2.79. The SMILES string of the molecule is C[C@]12CCC(CN(c3nc(OC[C@@]45CCCN4C[C@H](F)C5)nc4c(F)c(-c5cc(O)cc6cccc(Cl)c56)c(F)c(F)c34)C1)N2. The number of benzene rings is 3. The van der Waals surface area contributed by atoms with E-state index in [-0.39, 0.29) is 57.1 Å². The van der Waals surface area contributed by atoms with Crippen LogP contribution in [-0.2, 0) is 0 Å². The molecule has 2 bridgehead atoms. The van der Waals surface area contributed by atoms with Crippen LogP contribution in [0.5, 0.6) is 11.8 Å². The molecule has 4 atom stereocenters. The molecule has 0 saturated carbocycles. The lowest BCUT2D eigenvalue weighted by Gasteiger charge is -2.40. The summed E-state index contributed by atoms with van der Waals surface area (Å²) < 4.78 is 70.0. The summed E-state index contributed by atoms with van der Waals surface area (Å²) >= 11 is 6.47. The van der Waals surface area contributed by atoms with Crippen LogP contribution in [0.4, 0.5) is 23.4 Å². The third-order valence-corrected chi connectivity index (χ3v) is 10.5. The summed E-state index contributed by atoms with van der Waals surface area (Å²) in [4.78, 5) is 12.9. The molecule has 5 heterocycles. The quantitative estimate of drug-likeness (QED) is 0.190. The highest BCUT2D eigenvalue weighted by Gasteiger charge is 2.49. The number of phenolic OH excluding ortho intramolecular Hbond substituents is 1. The number of anilines is 1. The van der Waals surface area contributed by atoms with E-state index in [0.717, 1.165) is 38.3 Å². The molecular formula is C33H32ClF4N5O2. The fraction of sp³-hybridized carbons (Fsp3) is 0.455. The van der Waals surface area contributed by atoms with Gasteiger partial charge in [0.1, 0.15) is 29.9 Å². The Bertz CT molecular complexity index is 1880. The Morgan fingerprint density at radius 1 is 1.09 bits per heavy atom. The first kappa shape index (κ1) is 29.0. The summed E-state index contributed by atoms with van der Waals surface area (Å²) in [5.41, 5.74) is -2.06. The van der Waals surface area contributed by atoms with Crippen LogP contribution in [0.25, 0.3) is 32.8 Å². The molecule has 236 valence electrons. The minimum Gasteiger partial charge on any atom is -0.508 e. The predicted molar refractivity (Wildman–Crippen MR) is 164 cm³/mol. The Labute approximate surface area is 262 Å². The highest BCUT2D eigenvalue weighted by atomic mass is 35.5. The number of phenols is 1.